The molecule has 0 unspecified atom stereocenters. The van der Waals surface area contributed by atoms with Gasteiger partial charge in [0.05, 0.1) is 5.76 Å². The molecule has 0 saturated carbocycles. The smallest absolute Gasteiger partial charge is 0.241 e. The fraction of sp³-hybridized carbons (Fsp3) is 0.818. The molecule has 0 amide bonds. The summed E-state index contributed by atoms with van der Waals surface area (Å²) in [6.07, 6.45) is 0. The first kappa shape index (κ1) is 12.8. The van der Waals surface area contributed by atoms with Crippen LogP contribution in [0.4, 0.5) is 0 Å². The van der Waals surface area contributed by atoms with E-state index < -0.39 is 8.32 Å². The Labute approximate surface area is 84.3 Å². The number of allylic oxidation sites excluding steroid dienone is 2. The molecule has 0 aliphatic carbocycles. The maximum Gasteiger partial charge on any atom is 0.241 e. The second-order valence-electron chi connectivity index (χ2n) is 5.65. The van der Waals surface area contributed by atoms with Gasteiger partial charge in [-0.15, -0.1) is 0 Å². The highest BCUT2D eigenvalue weighted by atomic mass is 28.4. The van der Waals surface area contributed by atoms with E-state index in [1.54, 1.807) is 0 Å². The summed E-state index contributed by atoms with van der Waals surface area (Å²) in [5.74, 6) is 1.12. The summed E-state index contributed by atoms with van der Waals surface area (Å²) in [4.78, 5) is 0. The third-order valence-electron chi connectivity index (χ3n) is 2.11. The highest BCUT2D eigenvalue weighted by Gasteiger charge is 2.21. The molecule has 0 heterocycles. The lowest BCUT2D eigenvalue weighted by Gasteiger charge is -2.27. The van der Waals surface area contributed by atoms with Crippen LogP contribution in [0, 0.1) is 5.41 Å². The second-order valence-corrected chi connectivity index (χ2v) is 10.1. The molecule has 0 aliphatic heterocycles. The molecule has 0 aromatic rings. The van der Waals surface area contributed by atoms with Crippen LogP contribution in [0.2, 0.25) is 19.6 Å². The van der Waals surface area contributed by atoms with Crippen LogP contribution in [0.15, 0.2) is 11.3 Å². The van der Waals surface area contributed by atoms with Gasteiger partial charge < -0.3 is 4.43 Å². The van der Waals surface area contributed by atoms with Gasteiger partial charge in [0.15, 0.2) is 0 Å². The van der Waals surface area contributed by atoms with Gasteiger partial charge in [-0.2, -0.15) is 0 Å². The minimum absolute atomic E-state index is 0.226. The van der Waals surface area contributed by atoms with Crippen LogP contribution in [0.3, 0.4) is 0 Å². The van der Waals surface area contributed by atoms with Crippen molar-refractivity contribution in [2.24, 2.45) is 5.41 Å². The highest BCUT2D eigenvalue weighted by Crippen LogP contribution is 2.28. The number of rotatable bonds is 2. The quantitative estimate of drug-likeness (QED) is 0.480. The van der Waals surface area contributed by atoms with Crippen molar-refractivity contribution in [3.8, 4) is 0 Å². The van der Waals surface area contributed by atoms with Crippen LogP contribution >= 0.6 is 0 Å². The maximum atomic E-state index is 5.94. The molecule has 0 atom stereocenters. The van der Waals surface area contributed by atoms with E-state index in [-0.39, 0.29) is 5.41 Å². The molecule has 0 N–H and O–H groups in total. The van der Waals surface area contributed by atoms with Crippen molar-refractivity contribution >= 4 is 8.32 Å². The molecule has 0 radical (unpaired) electrons. The minimum atomic E-state index is -1.42. The molecule has 1 nitrogen and oxygen atoms in total. The van der Waals surface area contributed by atoms with E-state index in [9.17, 15) is 0 Å². The van der Waals surface area contributed by atoms with Gasteiger partial charge in [-0.25, -0.2) is 0 Å². The second kappa shape index (κ2) is 3.87. The molecule has 0 bridgehead atoms. The normalized spacial score (nSPS) is 15.4. The van der Waals surface area contributed by atoms with E-state index in [1.165, 1.54) is 5.57 Å². The first-order valence-electron chi connectivity index (χ1n) is 4.91. The number of hydrogen-bond acceptors (Lipinski definition) is 1. The molecule has 78 valence electrons. The van der Waals surface area contributed by atoms with Crippen molar-refractivity contribution in [3.05, 3.63) is 11.3 Å². The van der Waals surface area contributed by atoms with Gasteiger partial charge in [-0.3, -0.25) is 0 Å². The van der Waals surface area contributed by atoms with Crippen LogP contribution in [-0.4, -0.2) is 8.32 Å². The molecule has 2 heteroatoms. The van der Waals surface area contributed by atoms with Gasteiger partial charge >= 0.3 is 0 Å². The molecular weight excluding hydrogens is 176 g/mol. The Morgan fingerprint density at radius 1 is 1.00 bits per heavy atom. The molecule has 0 rings (SSSR count). The highest BCUT2D eigenvalue weighted by molar-refractivity contribution is 6.70. The molecule has 0 fully saturated rings. The fourth-order valence-corrected chi connectivity index (χ4v) is 2.14. The van der Waals surface area contributed by atoms with E-state index in [2.05, 4.69) is 54.3 Å². The van der Waals surface area contributed by atoms with Gasteiger partial charge in [0, 0.05) is 0 Å². The van der Waals surface area contributed by atoms with E-state index in [1.807, 2.05) is 0 Å². The monoisotopic (exact) mass is 200 g/mol. The lowest BCUT2D eigenvalue weighted by atomic mass is 9.87. The van der Waals surface area contributed by atoms with Crippen LogP contribution in [0.25, 0.3) is 0 Å². The third kappa shape index (κ3) is 5.14. The predicted molar refractivity (Wildman–Crippen MR) is 62.3 cm³/mol. The Hall–Kier alpha value is -0.243. The Bertz CT molecular complexity index is 203. The topological polar surface area (TPSA) is 9.23 Å². The van der Waals surface area contributed by atoms with E-state index in [4.69, 9.17) is 4.43 Å². The van der Waals surface area contributed by atoms with Gasteiger partial charge in [-0.05, 0) is 44.5 Å². The Morgan fingerprint density at radius 2 is 1.38 bits per heavy atom. The van der Waals surface area contributed by atoms with Gasteiger partial charge in [0.2, 0.25) is 8.32 Å². The van der Waals surface area contributed by atoms with E-state index in [0.29, 0.717) is 0 Å². The average Bonchev–Trinajstić information content (AvgIpc) is 1.79. The van der Waals surface area contributed by atoms with Crippen molar-refractivity contribution in [1.82, 2.24) is 0 Å². The van der Waals surface area contributed by atoms with Crippen LogP contribution in [0.5, 0.6) is 0 Å². The Morgan fingerprint density at radius 3 is 1.62 bits per heavy atom. The molecule has 0 aliphatic rings. The standard InChI is InChI=1S/C11H24OSi/c1-9(11(3,4)5)10(2)12-13(6,7)8/h1-8H3/b10-9-. The lowest BCUT2D eigenvalue weighted by molar-refractivity contribution is 0.385. The summed E-state index contributed by atoms with van der Waals surface area (Å²) in [7, 11) is -1.42. The summed E-state index contributed by atoms with van der Waals surface area (Å²) in [6, 6.07) is 0. The SMILES string of the molecule is C/C(O[Si](C)(C)C)=C(\C)C(C)(C)C. The van der Waals surface area contributed by atoms with Gasteiger partial charge in [0.1, 0.15) is 0 Å². The molecular formula is C11H24OSi. The minimum Gasteiger partial charge on any atom is -0.548 e. The zero-order valence-electron chi connectivity index (χ0n) is 10.4. The number of hydrogen-bond donors (Lipinski definition) is 0. The van der Waals surface area contributed by atoms with Gasteiger partial charge in [0.25, 0.3) is 0 Å². The third-order valence-corrected chi connectivity index (χ3v) is 3.03. The van der Waals surface area contributed by atoms with Crippen LogP contribution < -0.4 is 0 Å². The first-order chi connectivity index (χ1) is 5.54. The summed E-state index contributed by atoms with van der Waals surface area (Å²) >= 11 is 0. The zero-order valence-corrected chi connectivity index (χ0v) is 11.4. The summed E-state index contributed by atoms with van der Waals surface area (Å²) in [6.45, 7) is 17.6. The Kier molecular flexibility index (Phi) is 3.79. The van der Waals surface area contributed by atoms with Crippen molar-refractivity contribution in [3.63, 3.8) is 0 Å². The van der Waals surface area contributed by atoms with Gasteiger partial charge in [-0.1, -0.05) is 20.8 Å². The van der Waals surface area contributed by atoms with Crippen molar-refractivity contribution in [2.45, 2.75) is 54.3 Å². The summed E-state index contributed by atoms with van der Waals surface area (Å²) in [5.41, 5.74) is 1.58. The average molecular weight is 200 g/mol. The van der Waals surface area contributed by atoms with Crippen molar-refractivity contribution in [2.75, 3.05) is 0 Å². The molecule has 0 aromatic carbocycles. The van der Waals surface area contributed by atoms with Crippen LogP contribution in [0.1, 0.15) is 34.6 Å². The molecule has 0 saturated heterocycles. The largest absolute Gasteiger partial charge is 0.548 e. The lowest BCUT2D eigenvalue weighted by Crippen LogP contribution is -2.25. The predicted octanol–water partition coefficient (Wildman–Crippen LogP) is 4.18. The zero-order chi connectivity index (χ0) is 10.9. The maximum absolute atomic E-state index is 5.94. The fourth-order valence-electron chi connectivity index (χ4n) is 1.06. The molecule has 0 aromatic heterocycles. The summed E-state index contributed by atoms with van der Waals surface area (Å²) in [5, 5.41) is 0. The van der Waals surface area contributed by atoms with E-state index in [0.717, 1.165) is 5.76 Å². The molecule has 13 heavy (non-hydrogen) atoms. The Balaban J connectivity index is 4.65. The van der Waals surface area contributed by atoms with Crippen LogP contribution in [-0.2, 0) is 4.43 Å². The first-order valence-corrected chi connectivity index (χ1v) is 8.32. The van der Waals surface area contributed by atoms with Crippen molar-refractivity contribution in [1.29, 1.82) is 0 Å². The summed E-state index contributed by atoms with van der Waals surface area (Å²) < 4.78 is 5.94. The molecule has 0 spiro atoms. The van der Waals surface area contributed by atoms with Crippen molar-refractivity contribution < 1.29 is 4.43 Å². The van der Waals surface area contributed by atoms with E-state index >= 15 is 0 Å².